The molecule has 0 aliphatic heterocycles. The third-order valence-electron chi connectivity index (χ3n) is 3.49. The lowest BCUT2D eigenvalue weighted by atomic mass is 9.88. The average Bonchev–Trinajstić information content (AvgIpc) is 2.39. The first kappa shape index (κ1) is 11.1. The van der Waals surface area contributed by atoms with Gasteiger partial charge in [-0.05, 0) is 48.6 Å². The van der Waals surface area contributed by atoms with Crippen molar-refractivity contribution in [3.63, 3.8) is 0 Å². The number of Topliss-reactive ketones (excluding diaryl/α,β-unsaturated/α-hetero) is 1. The van der Waals surface area contributed by atoms with Crippen molar-refractivity contribution in [2.45, 2.75) is 26.2 Å². The smallest absolute Gasteiger partial charge is 0.163 e. The van der Waals surface area contributed by atoms with Crippen LogP contribution < -0.4 is 0 Å². The average molecular weight is 237 g/mol. The molecular formula is C16H15NO. The number of rotatable bonds is 1. The van der Waals surface area contributed by atoms with Gasteiger partial charge in [0.15, 0.2) is 5.78 Å². The highest BCUT2D eigenvalue weighted by molar-refractivity contribution is 5.99. The maximum Gasteiger partial charge on any atom is 0.163 e. The van der Waals surface area contributed by atoms with Gasteiger partial charge >= 0.3 is 0 Å². The molecule has 90 valence electrons. The van der Waals surface area contributed by atoms with E-state index >= 15 is 0 Å². The van der Waals surface area contributed by atoms with E-state index in [1.165, 1.54) is 16.7 Å². The van der Waals surface area contributed by atoms with Crippen LogP contribution in [-0.2, 0) is 6.42 Å². The van der Waals surface area contributed by atoms with Crippen molar-refractivity contribution in [2.24, 2.45) is 0 Å². The van der Waals surface area contributed by atoms with Crippen LogP contribution >= 0.6 is 0 Å². The van der Waals surface area contributed by atoms with Crippen LogP contribution in [0.5, 0.6) is 0 Å². The van der Waals surface area contributed by atoms with E-state index in [9.17, 15) is 4.79 Å². The molecular weight excluding hydrogens is 222 g/mol. The second-order valence-corrected chi connectivity index (χ2v) is 4.83. The number of nitrogens with zero attached hydrogens (tertiary/aromatic N) is 1. The van der Waals surface area contributed by atoms with Gasteiger partial charge in [0.05, 0.1) is 0 Å². The molecule has 0 atom stereocenters. The topological polar surface area (TPSA) is 30.0 Å². The predicted molar refractivity (Wildman–Crippen MR) is 71.7 cm³/mol. The van der Waals surface area contributed by atoms with E-state index in [0.717, 1.165) is 24.1 Å². The minimum Gasteiger partial charge on any atom is -0.294 e. The third-order valence-corrected chi connectivity index (χ3v) is 3.49. The minimum absolute atomic E-state index is 0.286. The van der Waals surface area contributed by atoms with Gasteiger partial charge in [-0.15, -0.1) is 0 Å². The molecule has 0 saturated heterocycles. The first-order valence-electron chi connectivity index (χ1n) is 6.33. The molecule has 0 saturated carbocycles. The van der Waals surface area contributed by atoms with Gasteiger partial charge in [-0.2, -0.15) is 0 Å². The Morgan fingerprint density at radius 2 is 1.89 bits per heavy atom. The van der Waals surface area contributed by atoms with Crippen LogP contribution in [0.15, 0.2) is 36.5 Å². The Balaban J connectivity index is 2.07. The molecule has 0 N–H and O–H groups in total. The van der Waals surface area contributed by atoms with Crippen molar-refractivity contribution in [1.29, 1.82) is 0 Å². The van der Waals surface area contributed by atoms with Gasteiger partial charge in [-0.3, -0.25) is 9.78 Å². The second-order valence-electron chi connectivity index (χ2n) is 4.83. The Kier molecular flexibility index (Phi) is 2.71. The molecule has 0 amide bonds. The summed E-state index contributed by atoms with van der Waals surface area (Å²) >= 11 is 0. The molecule has 0 radical (unpaired) electrons. The van der Waals surface area contributed by atoms with E-state index in [4.69, 9.17) is 0 Å². The van der Waals surface area contributed by atoms with Gasteiger partial charge in [0, 0.05) is 23.9 Å². The highest BCUT2D eigenvalue weighted by Crippen LogP contribution is 2.27. The van der Waals surface area contributed by atoms with Crippen molar-refractivity contribution in [3.8, 4) is 11.1 Å². The summed E-state index contributed by atoms with van der Waals surface area (Å²) in [6, 6.07) is 10.3. The maximum atomic E-state index is 11.8. The van der Waals surface area contributed by atoms with Crippen LogP contribution in [0.2, 0.25) is 0 Å². The van der Waals surface area contributed by atoms with Gasteiger partial charge < -0.3 is 0 Å². The molecule has 0 bridgehead atoms. The third kappa shape index (κ3) is 1.94. The van der Waals surface area contributed by atoms with Crippen LogP contribution in [0.1, 0.15) is 34.5 Å². The van der Waals surface area contributed by atoms with E-state index in [-0.39, 0.29) is 5.78 Å². The fraction of sp³-hybridized carbons (Fsp3) is 0.250. The van der Waals surface area contributed by atoms with Crippen molar-refractivity contribution < 1.29 is 4.79 Å². The number of aryl methyl sites for hydroxylation is 2. The fourth-order valence-corrected chi connectivity index (χ4v) is 2.55. The van der Waals surface area contributed by atoms with Gasteiger partial charge in [0.25, 0.3) is 0 Å². The zero-order valence-electron chi connectivity index (χ0n) is 10.4. The number of hydrogen-bond donors (Lipinski definition) is 0. The van der Waals surface area contributed by atoms with E-state index in [1.54, 1.807) is 0 Å². The van der Waals surface area contributed by atoms with Crippen LogP contribution in [0.3, 0.4) is 0 Å². The molecule has 0 fully saturated rings. The van der Waals surface area contributed by atoms with Gasteiger partial charge in [0.1, 0.15) is 0 Å². The Hall–Kier alpha value is -1.96. The molecule has 1 aliphatic rings. The summed E-state index contributed by atoms with van der Waals surface area (Å²) in [4.78, 5) is 16.0. The zero-order chi connectivity index (χ0) is 12.5. The lowest BCUT2D eigenvalue weighted by Crippen LogP contribution is -2.10. The van der Waals surface area contributed by atoms with Crippen molar-refractivity contribution in [2.75, 3.05) is 0 Å². The van der Waals surface area contributed by atoms with Crippen LogP contribution in [0, 0.1) is 6.92 Å². The summed E-state index contributed by atoms with van der Waals surface area (Å²) in [6.07, 6.45) is 4.51. The number of carbonyl (C=O) groups excluding carboxylic acids is 1. The number of hydrogen-bond acceptors (Lipinski definition) is 2. The maximum absolute atomic E-state index is 11.8. The van der Waals surface area contributed by atoms with Crippen molar-refractivity contribution >= 4 is 5.78 Å². The number of pyridine rings is 1. The normalized spacial score (nSPS) is 14.4. The Morgan fingerprint density at radius 3 is 2.72 bits per heavy atom. The summed E-state index contributed by atoms with van der Waals surface area (Å²) in [7, 11) is 0. The Morgan fingerprint density at radius 1 is 1.06 bits per heavy atom. The zero-order valence-corrected chi connectivity index (χ0v) is 10.4. The highest BCUT2D eigenvalue weighted by Gasteiger charge is 2.17. The largest absolute Gasteiger partial charge is 0.294 e. The molecule has 1 aromatic carbocycles. The summed E-state index contributed by atoms with van der Waals surface area (Å²) in [5.41, 5.74) is 5.47. The van der Waals surface area contributed by atoms with Crippen molar-refractivity contribution in [3.05, 3.63) is 53.3 Å². The number of carbonyl (C=O) groups is 1. The molecule has 1 aromatic heterocycles. The molecule has 18 heavy (non-hydrogen) atoms. The summed E-state index contributed by atoms with van der Waals surface area (Å²) < 4.78 is 0. The van der Waals surface area contributed by atoms with Crippen LogP contribution in [0.25, 0.3) is 11.1 Å². The predicted octanol–water partition coefficient (Wildman–Crippen LogP) is 3.58. The fourth-order valence-electron chi connectivity index (χ4n) is 2.55. The molecule has 2 nitrogen and oxygen atoms in total. The lowest BCUT2D eigenvalue weighted by molar-refractivity contribution is 0.0972. The lowest BCUT2D eigenvalue weighted by Gasteiger charge is -2.15. The molecule has 0 unspecified atom stereocenters. The summed E-state index contributed by atoms with van der Waals surface area (Å²) in [6.45, 7) is 1.99. The molecule has 3 rings (SSSR count). The minimum atomic E-state index is 0.286. The van der Waals surface area contributed by atoms with Gasteiger partial charge in [0.2, 0.25) is 0 Å². The van der Waals surface area contributed by atoms with E-state index in [2.05, 4.69) is 17.1 Å². The molecule has 2 aromatic rings. The SMILES string of the molecule is Cc1cc(-c2ccc3c(c2)CCCC3=O)ccn1. The number of ketones is 1. The summed E-state index contributed by atoms with van der Waals surface area (Å²) in [5.74, 6) is 0.286. The van der Waals surface area contributed by atoms with Gasteiger partial charge in [-0.25, -0.2) is 0 Å². The van der Waals surface area contributed by atoms with Crippen LogP contribution in [0.4, 0.5) is 0 Å². The number of fused-ring (bicyclic) bond motifs is 1. The highest BCUT2D eigenvalue weighted by atomic mass is 16.1. The molecule has 1 heterocycles. The van der Waals surface area contributed by atoms with E-state index < -0.39 is 0 Å². The standard InChI is InChI=1S/C16H15NO/c1-11-9-13(7-8-17-11)12-5-6-15-14(10-12)3-2-4-16(15)18/h5-10H,2-4H2,1H3. The molecule has 1 aliphatic carbocycles. The molecule has 2 heteroatoms. The molecule has 0 spiro atoms. The van der Waals surface area contributed by atoms with E-state index in [0.29, 0.717) is 6.42 Å². The first-order valence-corrected chi connectivity index (χ1v) is 6.33. The Labute approximate surface area is 107 Å². The van der Waals surface area contributed by atoms with Gasteiger partial charge in [-0.1, -0.05) is 18.2 Å². The first-order chi connectivity index (χ1) is 8.74. The quantitative estimate of drug-likeness (QED) is 0.758. The van der Waals surface area contributed by atoms with Crippen LogP contribution in [-0.4, -0.2) is 10.8 Å². The second kappa shape index (κ2) is 4.37. The Bertz CT molecular complexity index is 616. The summed E-state index contributed by atoms with van der Waals surface area (Å²) in [5, 5.41) is 0. The monoisotopic (exact) mass is 237 g/mol. The number of benzene rings is 1. The van der Waals surface area contributed by atoms with E-state index in [1.807, 2.05) is 31.3 Å². The van der Waals surface area contributed by atoms with Crippen molar-refractivity contribution in [1.82, 2.24) is 4.98 Å². The number of aromatic nitrogens is 1.